The number of hydrogen-bond acceptors (Lipinski definition) is 2. The molecule has 0 fully saturated rings. The first kappa shape index (κ1) is 24.1. The van der Waals surface area contributed by atoms with Crippen molar-refractivity contribution in [3.63, 3.8) is 0 Å². The van der Waals surface area contributed by atoms with Crippen LogP contribution in [0.25, 0.3) is 5.57 Å². The zero-order valence-electron chi connectivity index (χ0n) is 18.6. The van der Waals surface area contributed by atoms with Crippen molar-refractivity contribution in [3.8, 4) is 0 Å². The maximum Gasteiger partial charge on any atom is 0.192 e. The van der Waals surface area contributed by atoms with Gasteiger partial charge in [0.2, 0.25) is 0 Å². The number of aliphatic hydroxyl groups is 1. The van der Waals surface area contributed by atoms with Crippen molar-refractivity contribution in [2.24, 2.45) is 0 Å². The molecule has 0 aliphatic heterocycles. The molecule has 1 aromatic rings. The first-order chi connectivity index (χ1) is 13.0. The fraction of sp³-hybridized carbons (Fsp3) is 0.667. The van der Waals surface area contributed by atoms with Gasteiger partial charge >= 0.3 is 0 Å². The van der Waals surface area contributed by atoms with Crippen LogP contribution in [0, 0.1) is 0 Å². The number of hydrogen-bond donors (Lipinski definition) is 1. The monoisotopic (exact) mass is 390 g/mol. The maximum atomic E-state index is 9.41. The summed E-state index contributed by atoms with van der Waals surface area (Å²) in [7, 11) is -1.61. The van der Waals surface area contributed by atoms with Gasteiger partial charge in [0.25, 0.3) is 0 Å². The molecule has 0 heterocycles. The lowest BCUT2D eigenvalue weighted by Crippen LogP contribution is -2.46. The summed E-state index contributed by atoms with van der Waals surface area (Å²) in [5.41, 5.74) is 3.62. The molecule has 0 saturated carbocycles. The van der Waals surface area contributed by atoms with Gasteiger partial charge in [0.1, 0.15) is 0 Å². The van der Waals surface area contributed by atoms with Crippen molar-refractivity contribution in [2.75, 3.05) is 0 Å². The standard InChI is InChI=1S/C24H42O2Si/c1-7-22(23-16-13-15-21(19-23)20-25)17-14-18-24(8-2,9-3)26-27(10-4,11-5)12-6/h13,15-17,19,25H,7-12,14,18,20H2,1-6H3/b22-17+. The Morgan fingerprint density at radius 1 is 1.04 bits per heavy atom. The van der Waals surface area contributed by atoms with E-state index in [0.717, 1.165) is 37.7 Å². The molecule has 154 valence electrons. The van der Waals surface area contributed by atoms with Gasteiger partial charge < -0.3 is 9.53 Å². The van der Waals surface area contributed by atoms with Crippen LogP contribution in [0.1, 0.15) is 84.8 Å². The van der Waals surface area contributed by atoms with Gasteiger partial charge in [0, 0.05) is 0 Å². The summed E-state index contributed by atoms with van der Waals surface area (Å²) in [4.78, 5) is 0. The third-order valence-electron chi connectivity index (χ3n) is 6.51. The molecular weight excluding hydrogens is 348 g/mol. The van der Waals surface area contributed by atoms with Gasteiger partial charge in [-0.15, -0.1) is 0 Å². The van der Waals surface area contributed by atoms with E-state index in [-0.39, 0.29) is 12.2 Å². The van der Waals surface area contributed by atoms with Gasteiger partial charge in [-0.2, -0.15) is 0 Å². The predicted molar refractivity (Wildman–Crippen MR) is 121 cm³/mol. The van der Waals surface area contributed by atoms with E-state index >= 15 is 0 Å². The lowest BCUT2D eigenvalue weighted by Gasteiger charge is -2.42. The van der Waals surface area contributed by atoms with Gasteiger partial charge in [0.05, 0.1) is 12.2 Å². The average Bonchev–Trinajstić information content (AvgIpc) is 2.74. The molecule has 0 aliphatic rings. The maximum absolute atomic E-state index is 9.41. The molecule has 0 atom stereocenters. The minimum Gasteiger partial charge on any atom is -0.411 e. The molecular formula is C24H42O2Si. The Morgan fingerprint density at radius 3 is 2.15 bits per heavy atom. The Hall–Kier alpha value is -0.903. The van der Waals surface area contributed by atoms with E-state index in [2.05, 4.69) is 59.8 Å². The fourth-order valence-corrected chi connectivity index (χ4v) is 7.31. The molecule has 2 nitrogen and oxygen atoms in total. The molecule has 0 spiro atoms. The quantitative estimate of drug-likeness (QED) is 0.357. The lowest BCUT2D eigenvalue weighted by atomic mass is 9.90. The molecule has 0 bridgehead atoms. The van der Waals surface area contributed by atoms with E-state index in [1.54, 1.807) is 0 Å². The predicted octanol–water partition coefficient (Wildman–Crippen LogP) is 7.33. The van der Waals surface area contributed by atoms with E-state index in [0.29, 0.717) is 0 Å². The Bertz CT molecular complexity index is 563. The van der Waals surface area contributed by atoms with Crippen LogP contribution in [-0.4, -0.2) is 19.0 Å². The first-order valence-corrected chi connectivity index (χ1v) is 13.6. The van der Waals surface area contributed by atoms with Crippen LogP contribution in [0.5, 0.6) is 0 Å². The van der Waals surface area contributed by atoms with E-state index in [1.165, 1.54) is 29.3 Å². The van der Waals surface area contributed by atoms with Crippen LogP contribution in [0.4, 0.5) is 0 Å². The second-order valence-electron chi connectivity index (χ2n) is 7.72. The number of benzene rings is 1. The molecule has 3 heteroatoms. The normalized spacial score (nSPS) is 13.2. The largest absolute Gasteiger partial charge is 0.411 e. The highest BCUT2D eigenvalue weighted by atomic mass is 28.4. The molecule has 0 unspecified atom stereocenters. The average molecular weight is 391 g/mol. The molecule has 0 radical (unpaired) electrons. The summed E-state index contributed by atoms with van der Waals surface area (Å²) in [6, 6.07) is 11.9. The molecule has 0 aliphatic carbocycles. The van der Waals surface area contributed by atoms with Crippen LogP contribution in [-0.2, 0) is 11.0 Å². The number of allylic oxidation sites excluding steroid dienone is 2. The second kappa shape index (κ2) is 11.8. The van der Waals surface area contributed by atoms with E-state index in [4.69, 9.17) is 4.43 Å². The Labute approximate surface area is 169 Å². The van der Waals surface area contributed by atoms with Crippen molar-refractivity contribution in [1.82, 2.24) is 0 Å². The van der Waals surface area contributed by atoms with Gasteiger partial charge in [-0.3, -0.25) is 0 Å². The van der Waals surface area contributed by atoms with Crippen LogP contribution in [0.3, 0.4) is 0 Å². The van der Waals surface area contributed by atoms with Crippen LogP contribution >= 0.6 is 0 Å². The van der Waals surface area contributed by atoms with Crippen molar-refractivity contribution in [1.29, 1.82) is 0 Å². The van der Waals surface area contributed by atoms with Gasteiger partial charge in [0.15, 0.2) is 8.32 Å². The Balaban J connectivity index is 2.95. The van der Waals surface area contributed by atoms with E-state index in [1.807, 2.05) is 12.1 Å². The highest BCUT2D eigenvalue weighted by molar-refractivity contribution is 6.73. The Kier molecular flexibility index (Phi) is 10.6. The first-order valence-electron chi connectivity index (χ1n) is 11.1. The number of aliphatic hydroxyl groups excluding tert-OH is 1. The summed E-state index contributed by atoms with van der Waals surface area (Å²) in [6.45, 7) is 13.8. The van der Waals surface area contributed by atoms with Crippen molar-refractivity contribution >= 4 is 13.9 Å². The minimum atomic E-state index is -1.61. The van der Waals surface area contributed by atoms with Crippen molar-refractivity contribution in [3.05, 3.63) is 41.5 Å². The SMILES string of the molecule is CC/C(=C\CCC(CC)(CC)O[Si](CC)(CC)CC)c1cccc(CO)c1. The highest BCUT2D eigenvalue weighted by Crippen LogP contribution is 2.35. The smallest absolute Gasteiger partial charge is 0.192 e. The molecule has 0 amide bonds. The summed E-state index contributed by atoms with van der Waals surface area (Å²) in [5.74, 6) is 0. The van der Waals surface area contributed by atoms with Crippen LogP contribution in [0.15, 0.2) is 30.3 Å². The third kappa shape index (κ3) is 6.58. The zero-order valence-corrected chi connectivity index (χ0v) is 19.6. The Morgan fingerprint density at radius 2 is 1.67 bits per heavy atom. The second-order valence-corrected chi connectivity index (χ2v) is 12.4. The van der Waals surface area contributed by atoms with Gasteiger partial charge in [-0.25, -0.2) is 0 Å². The van der Waals surface area contributed by atoms with E-state index < -0.39 is 8.32 Å². The summed E-state index contributed by atoms with van der Waals surface area (Å²) < 4.78 is 7.01. The molecule has 1 N–H and O–H groups in total. The topological polar surface area (TPSA) is 29.5 Å². The number of rotatable bonds is 13. The minimum absolute atomic E-state index is 0.0244. The third-order valence-corrected chi connectivity index (χ3v) is 11.2. The van der Waals surface area contributed by atoms with Gasteiger partial charge in [-0.1, -0.05) is 65.8 Å². The van der Waals surface area contributed by atoms with Crippen LogP contribution < -0.4 is 0 Å². The molecule has 1 rings (SSSR count). The summed E-state index contributed by atoms with van der Waals surface area (Å²) in [5, 5.41) is 9.41. The van der Waals surface area contributed by atoms with Gasteiger partial charge in [-0.05, 0) is 73.0 Å². The van der Waals surface area contributed by atoms with Crippen molar-refractivity contribution < 1.29 is 9.53 Å². The summed E-state index contributed by atoms with van der Waals surface area (Å²) >= 11 is 0. The van der Waals surface area contributed by atoms with E-state index in [9.17, 15) is 5.11 Å². The fourth-order valence-electron chi connectivity index (χ4n) is 4.07. The van der Waals surface area contributed by atoms with Crippen molar-refractivity contribution in [2.45, 2.75) is 104 Å². The highest BCUT2D eigenvalue weighted by Gasteiger charge is 2.38. The molecule has 0 aromatic heterocycles. The van der Waals surface area contributed by atoms with Crippen LogP contribution in [0.2, 0.25) is 18.1 Å². The lowest BCUT2D eigenvalue weighted by molar-refractivity contribution is 0.0397. The zero-order chi connectivity index (χ0) is 20.3. The molecule has 0 saturated heterocycles. The summed E-state index contributed by atoms with van der Waals surface area (Å²) in [6.07, 6.45) is 7.74. The molecule has 27 heavy (non-hydrogen) atoms. The molecule has 1 aromatic carbocycles.